The van der Waals surface area contributed by atoms with Crippen molar-refractivity contribution in [3.05, 3.63) is 90.0 Å². The molecule has 0 spiro atoms. The Kier molecular flexibility index (Phi) is 9.34. The Morgan fingerprint density at radius 3 is 2.12 bits per heavy atom. The zero-order valence-corrected chi connectivity index (χ0v) is 19.5. The molecule has 0 radical (unpaired) electrons. The molecule has 0 heterocycles. The molecule has 0 aliphatic carbocycles. The zero-order chi connectivity index (χ0) is 24.2. The molecule has 0 aromatic heterocycles. The lowest BCUT2D eigenvalue weighted by atomic mass is 9.99. The molecule has 3 aromatic carbocycles. The van der Waals surface area contributed by atoms with Gasteiger partial charge in [-0.2, -0.15) is 0 Å². The number of hydrogen-bond donors (Lipinski definition) is 2. The van der Waals surface area contributed by atoms with Gasteiger partial charge in [0.25, 0.3) is 11.8 Å². The van der Waals surface area contributed by atoms with Crippen LogP contribution in [0.5, 0.6) is 17.2 Å². The van der Waals surface area contributed by atoms with E-state index < -0.39 is 11.8 Å². The van der Waals surface area contributed by atoms with Gasteiger partial charge in [-0.15, -0.1) is 0 Å². The molecule has 1 unspecified atom stereocenters. The molecule has 178 valence electrons. The van der Waals surface area contributed by atoms with E-state index in [1.54, 1.807) is 24.3 Å². The van der Waals surface area contributed by atoms with Crippen molar-refractivity contribution < 1.29 is 23.8 Å². The minimum atomic E-state index is -0.468. The lowest BCUT2D eigenvalue weighted by Crippen LogP contribution is -2.43. The fourth-order valence-electron chi connectivity index (χ4n) is 3.07. The topological polar surface area (TPSA) is 85.9 Å². The summed E-state index contributed by atoms with van der Waals surface area (Å²) in [5.74, 6) is 1.43. The van der Waals surface area contributed by atoms with E-state index in [1.165, 1.54) is 5.56 Å². The molecule has 7 heteroatoms. The van der Waals surface area contributed by atoms with Crippen LogP contribution in [0.25, 0.3) is 0 Å². The Morgan fingerprint density at radius 1 is 0.765 bits per heavy atom. The van der Waals surface area contributed by atoms with Gasteiger partial charge < -0.3 is 14.2 Å². The Balaban J connectivity index is 1.38. The first kappa shape index (κ1) is 24.6. The Labute approximate surface area is 200 Å². The number of benzene rings is 3. The lowest BCUT2D eigenvalue weighted by molar-refractivity contribution is -0.123. The highest BCUT2D eigenvalue weighted by Crippen LogP contribution is 2.21. The fourth-order valence-corrected chi connectivity index (χ4v) is 3.07. The number of carbonyl (C=O) groups excluding carboxylic acids is 2. The molecular weight excluding hydrogens is 432 g/mol. The highest BCUT2D eigenvalue weighted by atomic mass is 16.5. The maximum atomic E-state index is 12.4. The monoisotopic (exact) mass is 462 g/mol. The van der Waals surface area contributed by atoms with E-state index in [4.69, 9.17) is 14.2 Å². The van der Waals surface area contributed by atoms with Gasteiger partial charge in [0.2, 0.25) is 0 Å². The van der Waals surface area contributed by atoms with Gasteiger partial charge in [0.05, 0.1) is 0 Å². The van der Waals surface area contributed by atoms with Crippen molar-refractivity contribution in [2.24, 2.45) is 0 Å². The minimum absolute atomic E-state index is 0.215. The van der Waals surface area contributed by atoms with Crippen molar-refractivity contribution in [3.8, 4) is 17.2 Å². The third-order valence-corrected chi connectivity index (χ3v) is 5.21. The Bertz CT molecular complexity index is 1050. The van der Waals surface area contributed by atoms with E-state index in [-0.39, 0.29) is 6.61 Å². The van der Waals surface area contributed by atoms with Crippen molar-refractivity contribution in [1.82, 2.24) is 10.9 Å². The number of ether oxygens (including phenoxy) is 3. The largest absolute Gasteiger partial charge is 0.490 e. The maximum absolute atomic E-state index is 12.4. The van der Waals surface area contributed by atoms with Gasteiger partial charge >= 0.3 is 0 Å². The van der Waals surface area contributed by atoms with Crippen molar-refractivity contribution in [3.63, 3.8) is 0 Å². The second-order valence-electron chi connectivity index (χ2n) is 7.71. The molecule has 2 amide bonds. The summed E-state index contributed by atoms with van der Waals surface area (Å²) in [5.41, 5.74) is 6.31. The molecule has 0 aliphatic heterocycles. The second kappa shape index (κ2) is 12.9. The summed E-state index contributed by atoms with van der Waals surface area (Å²) in [6.07, 6.45) is 1.06. The van der Waals surface area contributed by atoms with Gasteiger partial charge in [-0.1, -0.05) is 50.2 Å². The molecule has 0 aliphatic rings. The summed E-state index contributed by atoms with van der Waals surface area (Å²) in [4.78, 5) is 24.4. The molecule has 1 atom stereocenters. The molecule has 34 heavy (non-hydrogen) atoms. The average Bonchev–Trinajstić information content (AvgIpc) is 2.89. The van der Waals surface area contributed by atoms with Crippen LogP contribution in [0.4, 0.5) is 0 Å². The molecule has 0 bridgehead atoms. The van der Waals surface area contributed by atoms with E-state index in [2.05, 4.69) is 24.7 Å². The summed E-state index contributed by atoms with van der Waals surface area (Å²) in [6, 6.07) is 23.8. The first-order valence-corrected chi connectivity index (χ1v) is 11.3. The predicted octanol–water partition coefficient (Wildman–Crippen LogP) is 4.50. The number of hydrogen-bond acceptors (Lipinski definition) is 5. The van der Waals surface area contributed by atoms with Crippen LogP contribution in [-0.2, 0) is 4.79 Å². The van der Waals surface area contributed by atoms with Gasteiger partial charge in [-0.3, -0.25) is 20.4 Å². The quantitative estimate of drug-likeness (QED) is 0.324. The van der Waals surface area contributed by atoms with Crippen molar-refractivity contribution >= 4 is 11.8 Å². The molecule has 0 saturated carbocycles. The van der Waals surface area contributed by atoms with Crippen LogP contribution in [0.15, 0.2) is 78.9 Å². The summed E-state index contributed by atoms with van der Waals surface area (Å²) < 4.78 is 16.7. The van der Waals surface area contributed by atoms with E-state index in [0.717, 1.165) is 12.2 Å². The van der Waals surface area contributed by atoms with Crippen LogP contribution < -0.4 is 25.1 Å². The van der Waals surface area contributed by atoms with Crippen molar-refractivity contribution in [2.45, 2.75) is 26.2 Å². The number of amides is 2. The number of nitrogens with one attached hydrogen (secondary N) is 2. The third kappa shape index (κ3) is 7.85. The zero-order valence-electron chi connectivity index (χ0n) is 19.5. The maximum Gasteiger partial charge on any atom is 0.276 e. The molecule has 7 nitrogen and oxygen atoms in total. The first-order valence-electron chi connectivity index (χ1n) is 11.3. The normalized spacial score (nSPS) is 11.2. The van der Waals surface area contributed by atoms with Crippen LogP contribution in [-0.4, -0.2) is 31.6 Å². The highest BCUT2D eigenvalue weighted by Gasteiger charge is 2.10. The van der Waals surface area contributed by atoms with Crippen molar-refractivity contribution in [1.29, 1.82) is 0 Å². The average molecular weight is 463 g/mol. The van der Waals surface area contributed by atoms with Gasteiger partial charge in [-0.25, -0.2) is 0 Å². The van der Waals surface area contributed by atoms with E-state index >= 15 is 0 Å². The predicted molar refractivity (Wildman–Crippen MR) is 130 cm³/mol. The van der Waals surface area contributed by atoms with Gasteiger partial charge in [-0.05, 0) is 60.4 Å². The van der Waals surface area contributed by atoms with Crippen molar-refractivity contribution in [2.75, 3.05) is 19.8 Å². The standard InChI is InChI=1S/C27H30N2O5/c1-3-20(2)21-12-14-24(15-13-21)34-19-26(30)28-29-27(31)22-8-7-11-25(18-22)33-17-16-32-23-9-5-4-6-10-23/h4-15,18,20H,3,16-17,19H2,1-2H3,(H,28,30)(H,29,31). The van der Waals surface area contributed by atoms with Gasteiger partial charge in [0.1, 0.15) is 30.5 Å². The molecular formula is C27H30N2O5. The molecule has 0 saturated heterocycles. The Morgan fingerprint density at radius 2 is 1.41 bits per heavy atom. The first-order chi connectivity index (χ1) is 16.5. The van der Waals surface area contributed by atoms with E-state index in [9.17, 15) is 9.59 Å². The molecule has 2 N–H and O–H groups in total. The van der Waals surface area contributed by atoms with Crippen LogP contribution in [0, 0.1) is 0 Å². The summed E-state index contributed by atoms with van der Waals surface area (Å²) in [6.45, 7) is 4.78. The highest BCUT2D eigenvalue weighted by molar-refractivity contribution is 5.95. The van der Waals surface area contributed by atoms with Crippen LogP contribution in [0.1, 0.15) is 42.1 Å². The number of carbonyl (C=O) groups is 2. The number of rotatable bonds is 11. The van der Waals surface area contributed by atoms with E-state index in [0.29, 0.717) is 36.2 Å². The van der Waals surface area contributed by atoms with Crippen LogP contribution in [0.3, 0.4) is 0 Å². The van der Waals surface area contributed by atoms with Crippen LogP contribution >= 0.6 is 0 Å². The summed E-state index contributed by atoms with van der Waals surface area (Å²) in [5, 5.41) is 0. The fraction of sp³-hybridized carbons (Fsp3) is 0.259. The summed E-state index contributed by atoms with van der Waals surface area (Å²) in [7, 11) is 0. The molecule has 3 rings (SSSR count). The number of hydrazine groups is 1. The molecule has 3 aromatic rings. The van der Waals surface area contributed by atoms with Gasteiger partial charge in [0, 0.05) is 5.56 Å². The van der Waals surface area contributed by atoms with Gasteiger partial charge in [0.15, 0.2) is 6.61 Å². The third-order valence-electron chi connectivity index (χ3n) is 5.21. The Hall–Kier alpha value is -4.00. The SMILES string of the molecule is CCC(C)c1ccc(OCC(=O)NNC(=O)c2cccc(OCCOc3ccccc3)c2)cc1. The number of para-hydroxylation sites is 1. The minimum Gasteiger partial charge on any atom is -0.490 e. The van der Waals surface area contributed by atoms with Crippen LogP contribution in [0.2, 0.25) is 0 Å². The van der Waals surface area contributed by atoms with E-state index in [1.807, 2.05) is 54.6 Å². The summed E-state index contributed by atoms with van der Waals surface area (Å²) >= 11 is 0. The lowest BCUT2D eigenvalue weighted by Gasteiger charge is -2.12. The second-order valence-corrected chi connectivity index (χ2v) is 7.71. The smallest absolute Gasteiger partial charge is 0.276 e. The molecule has 0 fully saturated rings.